The lowest BCUT2D eigenvalue weighted by molar-refractivity contribution is -0.120. The lowest BCUT2D eigenvalue weighted by atomic mass is 10.4. The Morgan fingerprint density at radius 1 is 1.47 bits per heavy atom. The van der Waals surface area contributed by atoms with Crippen molar-refractivity contribution in [2.24, 2.45) is 0 Å². The summed E-state index contributed by atoms with van der Waals surface area (Å²) in [7, 11) is -1.01. The molecular formula is C10H15N3O5S. The van der Waals surface area contributed by atoms with Crippen LogP contribution in [0, 0.1) is 0 Å². The summed E-state index contributed by atoms with van der Waals surface area (Å²) in [6.07, 6.45) is 1.14. The van der Waals surface area contributed by atoms with Gasteiger partial charge in [0.25, 0.3) is 0 Å². The molecule has 0 fully saturated rings. The highest BCUT2D eigenvalue weighted by Gasteiger charge is 2.23. The number of hydrogen-bond acceptors (Lipinski definition) is 4. The zero-order valence-corrected chi connectivity index (χ0v) is 11.3. The molecule has 1 heterocycles. The van der Waals surface area contributed by atoms with Gasteiger partial charge in [-0.2, -0.15) is 0 Å². The highest BCUT2D eigenvalue weighted by Crippen LogP contribution is 2.15. The second-order valence-electron chi connectivity index (χ2n) is 3.80. The van der Waals surface area contributed by atoms with Gasteiger partial charge in [-0.3, -0.25) is 4.79 Å². The van der Waals surface area contributed by atoms with Gasteiger partial charge in [-0.1, -0.05) is 0 Å². The van der Waals surface area contributed by atoms with Crippen molar-refractivity contribution in [1.82, 2.24) is 14.6 Å². The molecule has 9 heteroatoms. The van der Waals surface area contributed by atoms with Crippen molar-refractivity contribution in [3.8, 4) is 0 Å². The van der Waals surface area contributed by atoms with Gasteiger partial charge in [-0.25, -0.2) is 17.5 Å². The Labute approximate surface area is 110 Å². The zero-order chi connectivity index (χ0) is 14.6. The van der Waals surface area contributed by atoms with Crippen LogP contribution in [-0.2, 0) is 14.8 Å². The van der Waals surface area contributed by atoms with Gasteiger partial charge in [-0.15, -0.1) is 0 Å². The Hall–Kier alpha value is -1.87. The average Bonchev–Trinajstić information content (AvgIpc) is 2.85. The van der Waals surface area contributed by atoms with Crippen molar-refractivity contribution in [1.29, 1.82) is 0 Å². The van der Waals surface area contributed by atoms with E-state index in [0.717, 1.165) is 16.6 Å². The van der Waals surface area contributed by atoms with E-state index in [-0.39, 0.29) is 29.5 Å². The van der Waals surface area contributed by atoms with E-state index < -0.39 is 16.0 Å². The first-order valence-electron chi connectivity index (χ1n) is 5.37. The molecule has 0 saturated carbocycles. The second kappa shape index (κ2) is 5.85. The summed E-state index contributed by atoms with van der Waals surface area (Å²) in [6.45, 7) is 0.00952. The third-order valence-electron chi connectivity index (χ3n) is 2.53. The minimum absolute atomic E-state index is 0.00952. The Bertz CT molecular complexity index is 578. The maximum Gasteiger partial charge on any atom is 0.352 e. The van der Waals surface area contributed by atoms with Crippen LogP contribution >= 0.6 is 0 Å². The molecular weight excluding hydrogens is 274 g/mol. The molecule has 0 atom stereocenters. The largest absolute Gasteiger partial charge is 0.477 e. The first-order valence-corrected chi connectivity index (χ1v) is 6.81. The minimum Gasteiger partial charge on any atom is -0.477 e. The molecule has 0 aliphatic heterocycles. The number of H-pyrrole nitrogens is 1. The van der Waals surface area contributed by atoms with Crippen LogP contribution in [0.3, 0.4) is 0 Å². The van der Waals surface area contributed by atoms with Crippen molar-refractivity contribution < 1.29 is 23.1 Å². The van der Waals surface area contributed by atoms with Crippen molar-refractivity contribution >= 4 is 21.9 Å². The van der Waals surface area contributed by atoms with Gasteiger partial charge in [0.2, 0.25) is 15.9 Å². The summed E-state index contributed by atoms with van der Waals surface area (Å²) >= 11 is 0. The molecule has 0 unspecified atom stereocenters. The number of nitrogens with one attached hydrogen (secondary N) is 2. The molecule has 0 radical (unpaired) electrons. The van der Waals surface area contributed by atoms with Gasteiger partial charge in [0.1, 0.15) is 10.6 Å². The Balaban J connectivity index is 2.84. The molecule has 0 aliphatic rings. The fraction of sp³-hybridized carbons (Fsp3) is 0.400. The number of carboxylic acids is 1. The van der Waals surface area contributed by atoms with Crippen molar-refractivity contribution in [3.05, 3.63) is 18.0 Å². The molecule has 1 rings (SSSR count). The van der Waals surface area contributed by atoms with E-state index in [2.05, 4.69) is 10.3 Å². The first kappa shape index (κ1) is 15.2. The molecule has 0 aliphatic carbocycles. The molecule has 8 nitrogen and oxygen atoms in total. The summed E-state index contributed by atoms with van der Waals surface area (Å²) in [5.74, 6) is -1.52. The lowest BCUT2D eigenvalue weighted by Gasteiger charge is -2.15. The molecule has 0 aromatic carbocycles. The zero-order valence-electron chi connectivity index (χ0n) is 10.5. The molecule has 1 aromatic rings. The monoisotopic (exact) mass is 289 g/mol. The predicted molar refractivity (Wildman–Crippen MR) is 66.3 cm³/mol. The van der Waals surface area contributed by atoms with Crippen LogP contribution in [0.25, 0.3) is 0 Å². The Morgan fingerprint density at radius 3 is 2.58 bits per heavy atom. The molecule has 1 aromatic heterocycles. The normalized spacial score (nSPS) is 11.5. The molecule has 106 valence electrons. The van der Waals surface area contributed by atoms with Crippen LogP contribution < -0.4 is 5.32 Å². The molecule has 19 heavy (non-hydrogen) atoms. The molecule has 0 saturated heterocycles. The minimum atomic E-state index is -3.80. The average molecular weight is 289 g/mol. The Morgan fingerprint density at radius 2 is 2.11 bits per heavy atom. The van der Waals surface area contributed by atoms with Gasteiger partial charge in [0.05, 0.1) is 0 Å². The number of sulfonamides is 1. The number of amides is 1. The number of nitrogens with zero attached hydrogens (tertiary/aromatic N) is 1. The van der Waals surface area contributed by atoms with Crippen LogP contribution in [0.5, 0.6) is 0 Å². The third-order valence-corrected chi connectivity index (χ3v) is 4.36. The van der Waals surface area contributed by atoms with E-state index in [1.54, 1.807) is 0 Å². The third kappa shape index (κ3) is 3.55. The SMILES string of the molecule is CNC(=O)CCN(C)S(=O)(=O)c1c[nH]c(C(=O)O)c1. The topological polar surface area (TPSA) is 120 Å². The van der Waals surface area contributed by atoms with Gasteiger partial charge in [0, 0.05) is 33.3 Å². The molecule has 3 N–H and O–H groups in total. The van der Waals surface area contributed by atoms with Crippen LogP contribution in [0.4, 0.5) is 0 Å². The number of aromatic carboxylic acids is 1. The number of aromatic amines is 1. The van der Waals surface area contributed by atoms with E-state index in [9.17, 15) is 18.0 Å². The van der Waals surface area contributed by atoms with E-state index in [4.69, 9.17) is 5.11 Å². The maximum absolute atomic E-state index is 12.1. The fourth-order valence-electron chi connectivity index (χ4n) is 1.33. The number of aromatic nitrogens is 1. The van der Waals surface area contributed by atoms with E-state index >= 15 is 0 Å². The number of hydrogen-bond donors (Lipinski definition) is 3. The van der Waals surface area contributed by atoms with Crippen molar-refractivity contribution in [2.45, 2.75) is 11.3 Å². The number of rotatable bonds is 6. The van der Waals surface area contributed by atoms with Crippen LogP contribution in [-0.4, -0.2) is 55.3 Å². The lowest BCUT2D eigenvalue weighted by Crippen LogP contribution is -2.31. The highest BCUT2D eigenvalue weighted by atomic mass is 32.2. The van der Waals surface area contributed by atoms with Gasteiger partial charge in [0.15, 0.2) is 0 Å². The predicted octanol–water partition coefficient (Wildman–Crippen LogP) is -0.530. The summed E-state index contributed by atoms with van der Waals surface area (Å²) in [6, 6.07) is 1.04. The standard InChI is InChI=1S/C10H15N3O5S/c1-11-9(14)3-4-13(2)19(17,18)7-5-8(10(15)16)12-6-7/h5-6,12H,3-4H2,1-2H3,(H,11,14)(H,15,16). The molecule has 1 amide bonds. The molecule has 0 bridgehead atoms. The number of carboxylic acid groups (broad SMARTS) is 1. The van der Waals surface area contributed by atoms with Gasteiger partial charge < -0.3 is 15.4 Å². The van der Waals surface area contributed by atoms with Crippen molar-refractivity contribution in [2.75, 3.05) is 20.6 Å². The summed E-state index contributed by atoms with van der Waals surface area (Å²) < 4.78 is 25.1. The maximum atomic E-state index is 12.1. The molecule has 0 spiro atoms. The van der Waals surface area contributed by atoms with E-state index in [1.807, 2.05) is 0 Å². The van der Waals surface area contributed by atoms with E-state index in [1.165, 1.54) is 14.1 Å². The first-order chi connectivity index (χ1) is 8.78. The van der Waals surface area contributed by atoms with Crippen LogP contribution in [0.15, 0.2) is 17.2 Å². The smallest absolute Gasteiger partial charge is 0.352 e. The van der Waals surface area contributed by atoms with Crippen LogP contribution in [0.2, 0.25) is 0 Å². The van der Waals surface area contributed by atoms with Crippen LogP contribution in [0.1, 0.15) is 16.9 Å². The van der Waals surface area contributed by atoms with Crippen molar-refractivity contribution in [3.63, 3.8) is 0 Å². The summed E-state index contributed by atoms with van der Waals surface area (Å²) in [5, 5.41) is 11.1. The van der Waals surface area contributed by atoms with Gasteiger partial charge >= 0.3 is 5.97 Å². The summed E-state index contributed by atoms with van der Waals surface area (Å²) in [5.41, 5.74) is -0.210. The highest BCUT2D eigenvalue weighted by molar-refractivity contribution is 7.89. The summed E-state index contributed by atoms with van der Waals surface area (Å²) in [4.78, 5) is 23.9. The van der Waals surface area contributed by atoms with E-state index in [0.29, 0.717) is 0 Å². The quantitative estimate of drug-likeness (QED) is 0.650. The Kier molecular flexibility index (Phi) is 4.67. The second-order valence-corrected chi connectivity index (χ2v) is 5.85. The van der Waals surface area contributed by atoms with Gasteiger partial charge in [-0.05, 0) is 6.07 Å². The number of carbonyl (C=O) groups excluding carboxylic acids is 1. The fourth-order valence-corrected chi connectivity index (χ4v) is 2.50. The number of carbonyl (C=O) groups is 2.